The van der Waals surface area contributed by atoms with Gasteiger partial charge in [-0.05, 0) is 0 Å². The van der Waals surface area contributed by atoms with Crippen LogP contribution < -0.4 is 5.32 Å². The molecule has 0 aromatic carbocycles. The van der Waals surface area contributed by atoms with Crippen molar-refractivity contribution in [2.75, 3.05) is 19.8 Å². The molecular weight excluding hydrogens is 497 g/mol. The molecule has 1 N–H and O–H groups in total. The summed E-state index contributed by atoms with van der Waals surface area (Å²) in [7, 11) is 0. The second-order valence-corrected chi connectivity index (χ2v) is 8.99. The standard InChI is InChI=1S/C18H24Cl3NO10/c1-5-6-27-16-13(22-17(26)29-8-18(19,20)21)15(31-11(4)25)14(30-10(3)24)12(32-16)7-28-9(2)23/h5,12-16H,1,6-8H2,2-4H3,(H,22,26)/t12-,13-,14-,15-,16-/m1/s1. The Kier molecular flexibility index (Phi) is 11.5. The van der Waals surface area contributed by atoms with Gasteiger partial charge < -0.3 is 33.7 Å². The van der Waals surface area contributed by atoms with Crippen molar-refractivity contribution < 1.29 is 47.6 Å². The number of amides is 1. The van der Waals surface area contributed by atoms with Gasteiger partial charge in [0.1, 0.15) is 25.4 Å². The van der Waals surface area contributed by atoms with Crippen molar-refractivity contribution in [3.05, 3.63) is 12.7 Å². The Hall–Kier alpha value is -1.79. The molecule has 0 saturated carbocycles. The Morgan fingerprint density at radius 3 is 2.09 bits per heavy atom. The van der Waals surface area contributed by atoms with Crippen molar-refractivity contribution >= 4 is 58.8 Å². The fourth-order valence-corrected chi connectivity index (χ4v) is 2.85. The van der Waals surface area contributed by atoms with Gasteiger partial charge in [0.25, 0.3) is 0 Å². The number of alkyl carbamates (subject to hydrolysis) is 1. The van der Waals surface area contributed by atoms with Crippen LogP contribution in [-0.4, -0.2) is 78.3 Å². The van der Waals surface area contributed by atoms with Crippen molar-refractivity contribution in [1.29, 1.82) is 0 Å². The summed E-state index contributed by atoms with van der Waals surface area (Å²) in [6, 6.07) is -1.24. The minimum absolute atomic E-state index is 0.0304. The average molecular weight is 521 g/mol. The highest BCUT2D eigenvalue weighted by Gasteiger charge is 2.51. The average Bonchev–Trinajstić information content (AvgIpc) is 2.65. The molecule has 0 radical (unpaired) electrons. The summed E-state index contributed by atoms with van der Waals surface area (Å²) in [4.78, 5) is 47.0. The van der Waals surface area contributed by atoms with Gasteiger partial charge in [0.05, 0.1) is 6.61 Å². The van der Waals surface area contributed by atoms with Gasteiger partial charge in [-0.15, -0.1) is 6.58 Å². The molecule has 0 unspecified atom stereocenters. The smallest absolute Gasteiger partial charge is 0.407 e. The topological polar surface area (TPSA) is 136 Å². The molecule has 1 amide bonds. The van der Waals surface area contributed by atoms with Crippen molar-refractivity contribution in [3.8, 4) is 0 Å². The Bertz CT molecular complexity index is 699. The summed E-state index contributed by atoms with van der Waals surface area (Å²) in [6.07, 6.45) is -4.61. The maximum absolute atomic E-state index is 12.3. The molecule has 1 aliphatic heterocycles. The molecule has 0 bridgehead atoms. The predicted octanol–water partition coefficient (Wildman–Crippen LogP) is 1.81. The highest BCUT2D eigenvalue weighted by Crippen LogP contribution is 2.29. The highest BCUT2D eigenvalue weighted by molar-refractivity contribution is 6.67. The lowest BCUT2D eigenvalue weighted by Gasteiger charge is -2.44. The van der Waals surface area contributed by atoms with E-state index in [0.717, 1.165) is 13.8 Å². The fraction of sp³-hybridized carbons (Fsp3) is 0.667. The number of carbonyl (C=O) groups excluding carboxylic acids is 4. The summed E-state index contributed by atoms with van der Waals surface area (Å²) in [5, 5.41) is 2.40. The molecule has 1 rings (SSSR count). The van der Waals surface area contributed by atoms with E-state index in [1.807, 2.05) is 0 Å². The molecule has 11 nitrogen and oxygen atoms in total. The minimum Gasteiger partial charge on any atom is -0.463 e. The van der Waals surface area contributed by atoms with Gasteiger partial charge in [-0.3, -0.25) is 14.4 Å². The Morgan fingerprint density at radius 2 is 1.59 bits per heavy atom. The van der Waals surface area contributed by atoms with Gasteiger partial charge >= 0.3 is 24.0 Å². The summed E-state index contributed by atoms with van der Waals surface area (Å²) in [6.45, 7) is 5.95. The van der Waals surface area contributed by atoms with Gasteiger partial charge in [-0.2, -0.15) is 0 Å². The van der Waals surface area contributed by atoms with Crippen molar-refractivity contribution in [2.45, 2.75) is 55.2 Å². The molecule has 182 valence electrons. The van der Waals surface area contributed by atoms with E-state index in [4.69, 9.17) is 63.2 Å². The van der Waals surface area contributed by atoms with Gasteiger partial charge in [0.15, 0.2) is 18.5 Å². The summed E-state index contributed by atoms with van der Waals surface area (Å²) in [5.74, 6) is -2.13. The number of alkyl halides is 3. The Morgan fingerprint density at radius 1 is 1.00 bits per heavy atom. The molecule has 32 heavy (non-hydrogen) atoms. The number of rotatable bonds is 9. The summed E-state index contributed by atoms with van der Waals surface area (Å²) >= 11 is 16.7. The van der Waals surface area contributed by atoms with E-state index in [1.165, 1.54) is 13.0 Å². The van der Waals surface area contributed by atoms with Crippen LogP contribution in [0, 0.1) is 0 Å². The molecule has 1 fully saturated rings. The highest BCUT2D eigenvalue weighted by atomic mass is 35.6. The van der Waals surface area contributed by atoms with Crippen LogP contribution >= 0.6 is 34.8 Å². The molecular formula is C18H24Cl3NO10. The van der Waals surface area contributed by atoms with E-state index in [2.05, 4.69) is 11.9 Å². The van der Waals surface area contributed by atoms with Gasteiger partial charge in [-0.25, -0.2) is 4.79 Å². The quantitative estimate of drug-likeness (QED) is 0.207. The molecule has 14 heteroatoms. The van der Waals surface area contributed by atoms with Crippen LogP contribution in [0.15, 0.2) is 12.7 Å². The Labute approximate surface area is 199 Å². The number of nitrogens with one attached hydrogen (secondary N) is 1. The molecule has 0 aliphatic carbocycles. The van der Waals surface area contributed by atoms with E-state index < -0.39 is 65.0 Å². The second-order valence-electron chi connectivity index (χ2n) is 6.48. The molecule has 5 atom stereocenters. The van der Waals surface area contributed by atoms with E-state index in [1.54, 1.807) is 0 Å². The van der Waals surface area contributed by atoms with E-state index in [-0.39, 0.29) is 13.2 Å². The zero-order valence-electron chi connectivity index (χ0n) is 17.5. The van der Waals surface area contributed by atoms with Crippen molar-refractivity contribution in [1.82, 2.24) is 5.32 Å². The largest absolute Gasteiger partial charge is 0.463 e. The first kappa shape index (κ1) is 28.2. The lowest BCUT2D eigenvalue weighted by molar-refractivity contribution is -0.274. The molecule has 0 spiro atoms. The third-order valence-electron chi connectivity index (χ3n) is 3.73. The summed E-state index contributed by atoms with van der Waals surface area (Å²) < 4.78 is 29.8. The van der Waals surface area contributed by atoms with Crippen LogP contribution in [0.3, 0.4) is 0 Å². The molecule has 0 aromatic rings. The van der Waals surface area contributed by atoms with Crippen molar-refractivity contribution in [3.63, 3.8) is 0 Å². The third-order valence-corrected chi connectivity index (χ3v) is 4.06. The zero-order valence-corrected chi connectivity index (χ0v) is 19.8. The summed E-state index contributed by atoms with van der Waals surface area (Å²) in [5.41, 5.74) is 0. The van der Waals surface area contributed by atoms with Crippen LogP contribution in [0.4, 0.5) is 4.79 Å². The van der Waals surface area contributed by atoms with E-state index >= 15 is 0 Å². The number of ether oxygens (including phenoxy) is 6. The second kappa shape index (κ2) is 13.0. The van der Waals surface area contributed by atoms with E-state index in [9.17, 15) is 19.2 Å². The van der Waals surface area contributed by atoms with E-state index in [0.29, 0.717) is 0 Å². The molecule has 1 heterocycles. The number of hydrogen-bond acceptors (Lipinski definition) is 10. The van der Waals surface area contributed by atoms with Gasteiger partial charge in [0, 0.05) is 20.8 Å². The first-order valence-corrected chi connectivity index (χ1v) is 10.3. The van der Waals surface area contributed by atoms with Crippen LogP contribution in [0.5, 0.6) is 0 Å². The molecule has 0 aromatic heterocycles. The lowest BCUT2D eigenvalue weighted by atomic mass is 9.96. The fourth-order valence-electron chi connectivity index (χ4n) is 2.69. The first-order chi connectivity index (χ1) is 14.8. The maximum Gasteiger partial charge on any atom is 0.407 e. The van der Waals surface area contributed by atoms with Gasteiger partial charge in [-0.1, -0.05) is 40.9 Å². The third kappa shape index (κ3) is 10.2. The van der Waals surface area contributed by atoms with Crippen molar-refractivity contribution in [2.24, 2.45) is 0 Å². The number of carbonyl (C=O) groups is 4. The van der Waals surface area contributed by atoms with Crippen LogP contribution in [0.25, 0.3) is 0 Å². The molecule has 1 aliphatic rings. The number of esters is 3. The minimum atomic E-state index is -1.87. The molecule has 1 saturated heterocycles. The Balaban J connectivity index is 3.25. The van der Waals surface area contributed by atoms with Gasteiger partial charge in [0.2, 0.25) is 3.79 Å². The lowest BCUT2D eigenvalue weighted by Crippen LogP contribution is -2.66. The predicted molar refractivity (Wildman–Crippen MR) is 111 cm³/mol. The normalized spacial score (nSPS) is 25.2. The van der Waals surface area contributed by atoms with Crippen LogP contribution in [-0.2, 0) is 42.8 Å². The number of hydrogen-bond donors (Lipinski definition) is 1. The van der Waals surface area contributed by atoms with Crippen LogP contribution in [0.1, 0.15) is 20.8 Å². The maximum atomic E-state index is 12.3. The number of halogens is 3. The zero-order chi connectivity index (χ0) is 24.5. The monoisotopic (exact) mass is 519 g/mol. The first-order valence-electron chi connectivity index (χ1n) is 9.19. The van der Waals surface area contributed by atoms with Crippen LogP contribution in [0.2, 0.25) is 0 Å². The SMILES string of the molecule is C=CCO[C@@H]1O[C@H](COC(C)=O)[C@@H](OC(C)=O)[C@H](OC(C)=O)[C@H]1NC(=O)OCC(Cl)(Cl)Cl.